The Morgan fingerprint density at radius 1 is 1.15 bits per heavy atom. The highest BCUT2D eigenvalue weighted by molar-refractivity contribution is 7.93. The Kier molecular flexibility index (Phi) is 5.48. The van der Waals surface area contributed by atoms with Crippen molar-refractivity contribution < 1.29 is 13.2 Å². The summed E-state index contributed by atoms with van der Waals surface area (Å²) in [5, 5.41) is 7.56. The molecule has 1 fully saturated rings. The van der Waals surface area contributed by atoms with Crippen molar-refractivity contribution in [2.24, 2.45) is 0 Å². The third-order valence-corrected chi connectivity index (χ3v) is 7.39. The molecule has 1 amide bonds. The van der Waals surface area contributed by atoms with Crippen molar-refractivity contribution in [2.45, 2.75) is 38.0 Å². The summed E-state index contributed by atoms with van der Waals surface area (Å²) in [6.07, 6.45) is 9.76. The zero-order valence-corrected chi connectivity index (χ0v) is 19.5. The monoisotopic (exact) mass is 477 g/mol. The Bertz CT molecular complexity index is 1490. The van der Waals surface area contributed by atoms with Crippen LogP contribution in [0.2, 0.25) is 0 Å². The van der Waals surface area contributed by atoms with E-state index in [1.165, 1.54) is 6.20 Å². The average Bonchev–Trinajstić information content (AvgIpc) is 3.57. The molecule has 34 heavy (non-hydrogen) atoms. The van der Waals surface area contributed by atoms with Crippen molar-refractivity contribution in [3.63, 3.8) is 0 Å². The number of carbonyl (C=O) groups is 1. The van der Waals surface area contributed by atoms with Crippen LogP contribution in [0.25, 0.3) is 22.0 Å². The SMILES string of the molecule is CC(C)n1cc(-c2cnccc2NC(=O)c2ncc3ccc(NS(=O)(=O)C4CC4)cc3n2)cn1. The Balaban J connectivity index is 1.40. The van der Waals surface area contributed by atoms with Gasteiger partial charge in [0.1, 0.15) is 0 Å². The maximum absolute atomic E-state index is 13.0. The number of amides is 1. The minimum atomic E-state index is -3.40. The molecule has 2 N–H and O–H groups in total. The van der Waals surface area contributed by atoms with Crippen molar-refractivity contribution in [3.8, 4) is 11.1 Å². The first-order valence-corrected chi connectivity index (χ1v) is 12.4. The fourth-order valence-corrected chi connectivity index (χ4v) is 4.87. The van der Waals surface area contributed by atoms with Crippen LogP contribution in [0.1, 0.15) is 43.3 Å². The van der Waals surface area contributed by atoms with E-state index in [4.69, 9.17) is 0 Å². The summed E-state index contributed by atoms with van der Waals surface area (Å²) >= 11 is 0. The molecule has 0 atom stereocenters. The summed E-state index contributed by atoms with van der Waals surface area (Å²) in [4.78, 5) is 25.7. The molecule has 0 aliphatic heterocycles. The normalized spacial score (nSPS) is 13.9. The van der Waals surface area contributed by atoms with Gasteiger partial charge in [0.25, 0.3) is 5.91 Å². The number of aromatic nitrogens is 5. The van der Waals surface area contributed by atoms with Gasteiger partial charge in [-0.2, -0.15) is 5.10 Å². The van der Waals surface area contributed by atoms with Crippen LogP contribution in [-0.4, -0.2) is 44.3 Å². The first-order chi connectivity index (χ1) is 16.3. The van der Waals surface area contributed by atoms with Crippen molar-refractivity contribution >= 4 is 38.2 Å². The Morgan fingerprint density at radius 3 is 2.71 bits per heavy atom. The van der Waals surface area contributed by atoms with Crippen LogP contribution in [-0.2, 0) is 10.0 Å². The van der Waals surface area contributed by atoms with E-state index in [-0.39, 0.29) is 17.1 Å². The summed E-state index contributed by atoms with van der Waals surface area (Å²) in [6.45, 7) is 4.06. The number of rotatable bonds is 7. The number of benzene rings is 1. The summed E-state index contributed by atoms with van der Waals surface area (Å²) in [6, 6.07) is 6.88. The lowest BCUT2D eigenvalue weighted by atomic mass is 10.1. The molecule has 5 rings (SSSR count). The van der Waals surface area contributed by atoms with Crippen LogP contribution in [0.5, 0.6) is 0 Å². The van der Waals surface area contributed by atoms with Gasteiger partial charge in [0, 0.05) is 47.3 Å². The summed E-state index contributed by atoms with van der Waals surface area (Å²) in [5.41, 5.74) is 2.97. The molecule has 0 saturated heterocycles. The zero-order chi connectivity index (χ0) is 23.9. The van der Waals surface area contributed by atoms with Crippen molar-refractivity contribution in [2.75, 3.05) is 10.0 Å². The van der Waals surface area contributed by atoms with E-state index in [9.17, 15) is 13.2 Å². The fourth-order valence-electron chi connectivity index (χ4n) is 3.49. The molecular formula is C23H23N7O3S. The average molecular weight is 478 g/mol. The molecule has 1 aliphatic rings. The fraction of sp³-hybridized carbons (Fsp3) is 0.261. The molecular weight excluding hydrogens is 454 g/mol. The number of pyridine rings is 1. The number of hydrogen-bond acceptors (Lipinski definition) is 7. The van der Waals surface area contributed by atoms with Gasteiger partial charge >= 0.3 is 0 Å². The highest BCUT2D eigenvalue weighted by atomic mass is 32.2. The van der Waals surface area contributed by atoms with E-state index < -0.39 is 15.9 Å². The Morgan fingerprint density at radius 2 is 1.97 bits per heavy atom. The molecule has 174 valence electrons. The lowest BCUT2D eigenvalue weighted by Crippen LogP contribution is -2.17. The van der Waals surface area contributed by atoms with Crippen LogP contribution in [0, 0.1) is 0 Å². The number of nitrogens with one attached hydrogen (secondary N) is 2. The predicted octanol–water partition coefficient (Wildman–Crippen LogP) is 3.63. The largest absolute Gasteiger partial charge is 0.319 e. The molecule has 1 aliphatic carbocycles. The molecule has 0 radical (unpaired) electrons. The van der Waals surface area contributed by atoms with E-state index in [1.807, 2.05) is 24.7 Å². The van der Waals surface area contributed by atoms with E-state index in [2.05, 4.69) is 30.1 Å². The lowest BCUT2D eigenvalue weighted by Gasteiger charge is -2.10. The van der Waals surface area contributed by atoms with Crippen LogP contribution in [0.3, 0.4) is 0 Å². The quantitative estimate of drug-likeness (QED) is 0.415. The van der Waals surface area contributed by atoms with Gasteiger partial charge in [0.05, 0.1) is 28.3 Å². The maximum Gasteiger partial charge on any atom is 0.293 e. The standard InChI is InChI=1S/C23H23N7O3S/c1-14(2)30-13-16(11-26-30)19-12-24-8-7-20(19)28-23(31)22-25-10-15-3-4-17(9-21(15)27-22)29-34(32,33)18-5-6-18/h3-4,7-14,18,29H,5-6H2,1-2H3,(H,24,28,31). The minimum Gasteiger partial charge on any atom is -0.319 e. The first kappa shape index (κ1) is 22.0. The van der Waals surface area contributed by atoms with E-state index in [0.29, 0.717) is 35.1 Å². The smallest absolute Gasteiger partial charge is 0.293 e. The molecule has 0 bridgehead atoms. The molecule has 11 heteroatoms. The van der Waals surface area contributed by atoms with Crippen LogP contribution < -0.4 is 10.0 Å². The summed E-state index contributed by atoms with van der Waals surface area (Å²) < 4.78 is 28.9. The molecule has 1 saturated carbocycles. The van der Waals surface area contributed by atoms with Gasteiger partial charge in [-0.3, -0.25) is 19.2 Å². The molecule has 0 spiro atoms. The Hall–Kier alpha value is -3.86. The molecule has 3 heterocycles. The van der Waals surface area contributed by atoms with Gasteiger partial charge in [-0.25, -0.2) is 18.4 Å². The van der Waals surface area contributed by atoms with E-state index in [0.717, 1.165) is 11.1 Å². The molecule has 0 unspecified atom stereocenters. The maximum atomic E-state index is 13.0. The van der Waals surface area contributed by atoms with Gasteiger partial charge in [0.15, 0.2) is 0 Å². The van der Waals surface area contributed by atoms with Gasteiger partial charge < -0.3 is 5.32 Å². The van der Waals surface area contributed by atoms with Crippen molar-refractivity contribution in [1.29, 1.82) is 0 Å². The first-order valence-electron chi connectivity index (χ1n) is 10.9. The van der Waals surface area contributed by atoms with Gasteiger partial charge in [-0.05, 0) is 51.0 Å². The topological polar surface area (TPSA) is 132 Å². The molecule has 10 nitrogen and oxygen atoms in total. The van der Waals surface area contributed by atoms with Crippen LogP contribution >= 0.6 is 0 Å². The number of carbonyl (C=O) groups excluding carboxylic acids is 1. The van der Waals surface area contributed by atoms with Gasteiger partial charge in [0.2, 0.25) is 15.8 Å². The second-order valence-corrected chi connectivity index (χ2v) is 10.5. The third kappa shape index (κ3) is 4.46. The third-order valence-electron chi connectivity index (χ3n) is 5.52. The number of anilines is 2. The number of fused-ring (bicyclic) bond motifs is 1. The Labute approximate surface area is 196 Å². The molecule has 1 aromatic carbocycles. The van der Waals surface area contributed by atoms with E-state index in [1.54, 1.807) is 42.9 Å². The van der Waals surface area contributed by atoms with Crippen LogP contribution in [0.15, 0.2) is 55.2 Å². The summed E-state index contributed by atoms with van der Waals surface area (Å²) in [5.74, 6) is -0.523. The number of nitrogens with zero attached hydrogens (tertiary/aromatic N) is 5. The highest BCUT2D eigenvalue weighted by Crippen LogP contribution is 2.30. The summed E-state index contributed by atoms with van der Waals surface area (Å²) in [7, 11) is -3.40. The minimum absolute atomic E-state index is 0.0321. The number of sulfonamides is 1. The lowest BCUT2D eigenvalue weighted by molar-refractivity contribution is 0.101. The van der Waals surface area contributed by atoms with Crippen molar-refractivity contribution in [3.05, 3.63) is 61.1 Å². The zero-order valence-electron chi connectivity index (χ0n) is 18.6. The van der Waals surface area contributed by atoms with Gasteiger partial charge in [-0.15, -0.1) is 0 Å². The van der Waals surface area contributed by atoms with Gasteiger partial charge in [-0.1, -0.05) is 0 Å². The van der Waals surface area contributed by atoms with E-state index >= 15 is 0 Å². The second-order valence-electron chi connectivity index (χ2n) is 8.49. The number of hydrogen-bond donors (Lipinski definition) is 2. The van der Waals surface area contributed by atoms with Crippen molar-refractivity contribution in [1.82, 2.24) is 24.7 Å². The predicted molar refractivity (Wildman–Crippen MR) is 129 cm³/mol. The van der Waals surface area contributed by atoms with Crippen LogP contribution in [0.4, 0.5) is 11.4 Å². The molecule has 4 aromatic rings. The second kappa shape index (κ2) is 8.49. The molecule has 3 aromatic heterocycles. The highest BCUT2D eigenvalue weighted by Gasteiger charge is 2.35.